The summed E-state index contributed by atoms with van der Waals surface area (Å²) in [4.78, 5) is 0. The molecule has 0 fully saturated rings. The van der Waals surface area contributed by atoms with E-state index < -0.39 is 15.8 Å². The van der Waals surface area contributed by atoms with E-state index in [1.807, 2.05) is 0 Å². The zero-order valence-electron chi connectivity index (χ0n) is 35.8. The Balaban J connectivity index is 1.38. The molecule has 64 heavy (non-hydrogen) atoms. The zero-order chi connectivity index (χ0) is 43.2. The van der Waals surface area contributed by atoms with Crippen LogP contribution in [0.25, 0.3) is 32.7 Å². The summed E-state index contributed by atoms with van der Waals surface area (Å²) in [6, 6.07) is 84.1. The lowest BCUT2D eigenvalue weighted by atomic mass is 9.90. The summed E-state index contributed by atoms with van der Waals surface area (Å²) in [5.74, 6) is 14.6. The van der Waals surface area contributed by atoms with Crippen molar-refractivity contribution >= 4 is 69.2 Å². The molecule has 0 unspecified atom stereocenters. The lowest BCUT2D eigenvalue weighted by Crippen LogP contribution is -2.26. The van der Waals surface area contributed by atoms with E-state index in [1.54, 1.807) is 0 Å². The fourth-order valence-electron chi connectivity index (χ4n) is 8.52. The standard InChI is InChI=1S/C62H44P2/c1-45-31-35-47(36-32-45)39-41-49-43-59(63(51-19-7-3-8-20-51)52-21-9-4-10-22-52)61(57-29-17-15-27-55(49)57)62-58-30-18-16-28-56(58)50(42-40-48-37-33-46(2)34-38-48)44-60(62)64(53-23-11-5-12-24-53)54-25-13-6-14-26-54/h3-38,43-44H,1-2H3. The Labute approximate surface area is 379 Å². The highest BCUT2D eigenvalue weighted by atomic mass is 31.1. The third kappa shape index (κ3) is 8.44. The largest absolute Gasteiger partial charge is 0.0622 e. The molecule has 0 heterocycles. The van der Waals surface area contributed by atoms with Crippen LogP contribution in [0.3, 0.4) is 0 Å². The van der Waals surface area contributed by atoms with E-state index in [9.17, 15) is 0 Å². The summed E-state index contributed by atoms with van der Waals surface area (Å²) in [6.07, 6.45) is 0. The minimum Gasteiger partial charge on any atom is -0.0622 e. The Morgan fingerprint density at radius 1 is 0.281 bits per heavy atom. The van der Waals surface area contributed by atoms with Gasteiger partial charge < -0.3 is 0 Å². The van der Waals surface area contributed by atoms with Gasteiger partial charge in [0.15, 0.2) is 0 Å². The van der Waals surface area contributed by atoms with Crippen LogP contribution in [0, 0.1) is 37.5 Å². The van der Waals surface area contributed by atoms with E-state index in [1.165, 1.54) is 64.9 Å². The van der Waals surface area contributed by atoms with Gasteiger partial charge in [-0.25, -0.2) is 0 Å². The maximum absolute atomic E-state index is 3.72. The quantitative estimate of drug-likeness (QED) is 0.111. The Kier molecular flexibility index (Phi) is 11.8. The van der Waals surface area contributed by atoms with Crippen LogP contribution in [0.5, 0.6) is 0 Å². The Bertz CT molecular complexity index is 3060. The van der Waals surface area contributed by atoms with Crippen LogP contribution in [0.2, 0.25) is 0 Å². The first-order chi connectivity index (χ1) is 31.6. The molecule has 0 saturated carbocycles. The van der Waals surface area contributed by atoms with Crippen LogP contribution >= 0.6 is 15.8 Å². The van der Waals surface area contributed by atoms with E-state index in [-0.39, 0.29) is 0 Å². The number of hydrogen-bond acceptors (Lipinski definition) is 0. The van der Waals surface area contributed by atoms with Gasteiger partial charge in [0.1, 0.15) is 0 Å². The fraction of sp³-hybridized carbons (Fsp3) is 0.0323. The summed E-state index contributed by atoms with van der Waals surface area (Å²) in [7, 11) is -2.16. The molecule has 2 heteroatoms. The van der Waals surface area contributed by atoms with Gasteiger partial charge in [-0.3, -0.25) is 0 Å². The van der Waals surface area contributed by atoms with Crippen LogP contribution in [0.4, 0.5) is 0 Å². The Hall–Kier alpha value is -7.30. The Morgan fingerprint density at radius 2 is 0.562 bits per heavy atom. The summed E-state index contributed by atoms with van der Waals surface area (Å²) in [5, 5.41) is 12.4. The van der Waals surface area contributed by atoms with Crippen LogP contribution in [0.15, 0.2) is 231 Å². The van der Waals surface area contributed by atoms with Crippen molar-refractivity contribution < 1.29 is 0 Å². The van der Waals surface area contributed by atoms with Gasteiger partial charge in [0, 0.05) is 22.3 Å². The highest BCUT2D eigenvalue weighted by molar-refractivity contribution is 7.80. The number of benzene rings is 10. The van der Waals surface area contributed by atoms with Gasteiger partial charge in [-0.1, -0.05) is 229 Å². The lowest BCUT2D eigenvalue weighted by Gasteiger charge is -2.29. The molecule has 0 bridgehead atoms. The summed E-state index contributed by atoms with van der Waals surface area (Å²) in [6.45, 7) is 4.24. The number of aryl methyl sites for hydroxylation is 2. The predicted molar refractivity (Wildman–Crippen MR) is 279 cm³/mol. The molecule has 10 aromatic rings. The van der Waals surface area contributed by atoms with Crippen molar-refractivity contribution in [3.63, 3.8) is 0 Å². The molecule has 0 aliphatic rings. The van der Waals surface area contributed by atoms with Gasteiger partial charge in [-0.2, -0.15) is 0 Å². The van der Waals surface area contributed by atoms with Gasteiger partial charge in [0.25, 0.3) is 0 Å². The molecule has 0 amide bonds. The first-order valence-electron chi connectivity index (χ1n) is 21.7. The third-order valence-corrected chi connectivity index (χ3v) is 16.6. The molecule has 0 aliphatic heterocycles. The van der Waals surface area contributed by atoms with Crippen molar-refractivity contribution in [2.75, 3.05) is 0 Å². The molecule has 0 nitrogen and oxygen atoms in total. The average Bonchev–Trinajstić information content (AvgIpc) is 3.35. The van der Waals surface area contributed by atoms with Crippen molar-refractivity contribution in [1.29, 1.82) is 0 Å². The molecule has 0 aromatic heterocycles. The second-order valence-electron chi connectivity index (χ2n) is 16.0. The van der Waals surface area contributed by atoms with Crippen molar-refractivity contribution in [1.82, 2.24) is 0 Å². The highest BCUT2D eigenvalue weighted by Crippen LogP contribution is 2.47. The van der Waals surface area contributed by atoms with E-state index in [0.717, 1.165) is 33.0 Å². The molecule has 10 aromatic carbocycles. The molecule has 0 spiro atoms. The molecule has 0 atom stereocenters. The smallest absolute Gasteiger partial charge is 0.0334 e. The SMILES string of the molecule is Cc1ccc(C#Cc2cc(P(c3ccccc3)c3ccccc3)c(-c3c(P(c4ccccc4)c4ccccc4)cc(C#Cc4ccc(C)cc4)c4ccccc34)c3ccccc23)cc1. The average molecular weight is 851 g/mol. The first-order valence-corrected chi connectivity index (χ1v) is 24.4. The van der Waals surface area contributed by atoms with Crippen molar-refractivity contribution in [3.05, 3.63) is 264 Å². The zero-order valence-corrected chi connectivity index (χ0v) is 37.6. The van der Waals surface area contributed by atoms with E-state index >= 15 is 0 Å². The Morgan fingerprint density at radius 3 is 0.875 bits per heavy atom. The van der Waals surface area contributed by atoms with E-state index in [0.29, 0.717) is 0 Å². The predicted octanol–water partition coefficient (Wildman–Crippen LogP) is 12.6. The molecule has 0 aliphatic carbocycles. The van der Waals surface area contributed by atoms with Crippen LogP contribution in [0.1, 0.15) is 33.4 Å². The fourth-order valence-corrected chi connectivity index (χ4v) is 13.5. The molecule has 0 saturated heterocycles. The first kappa shape index (κ1) is 40.8. The van der Waals surface area contributed by atoms with Gasteiger partial charge in [0.2, 0.25) is 0 Å². The minimum absolute atomic E-state index is 1.00. The van der Waals surface area contributed by atoms with Crippen molar-refractivity contribution in [2.45, 2.75) is 13.8 Å². The number of rotatable bonds is 7. The van der Waals surface area contributed by atoms with Gasteiger partial charge >= 0.3 is 0 Å². The topological polar surface area (TPSA) is 0 Å². The second-order valence-corrected chi connectivity index (χ2v) is 20.3. The highest BCUT2D eigenvalue weighted by Gasteiger charge is 2.29. The summed E-state index contributed by atoms with van der Waals surface area (Å²) in [5.41, 5.74) is 8.99. The van der Waals surface area contributed by atoms with E-state index in [2.05, 4.69) is 268 Å². The van der Waals surface area contributed by atoms with Gasteiger partial charge in [-0.05, 0) is 131 Å². The monoisotopic (exact) mass is 850 g/mol. The molecular formula is C62H44P2. The molecule has 10 rings (SSSR count). The van der Waals surface area contributed by atoms with Crippen LogP contribution in [-0.2, 0) is 0 Å². The van der Waals surface area contributed by atoms with Gasteiger partial charge in [0.05, 0.1) is 0 Å². The molecular weight excluding hydrogens is 807 g/mol. The van der Waals surface area contributed by atoms with Crippen molar-refractivity contribution in [2.24, 2.45) is 0 Å². The molecule has 302 valence electrons. The molecule has 0 radical (unpaired) electrons. The van der Waals surface area contributed by atoms with Crippen molar-refractivity contribution in [3.8, 4) is 34.8 Å². The normalized spacial score (nSPS) is 11.0. The maximum atomic E-state index is 3.72. The van der Waals surface area contributed by atoms with Crippen LogP contribution < -0.4 is 31.8 Å². The number of hydrogen-bond donors (Lipinski definition) is 0. The minimum atomic E-state index is -1.08. The maximum Gasteiger partial charge on any atom is 0.0334 e. The summed E-state index contributed by atoms with van der Waals surface area (Å²) >= 11 is 0. The molecule has 0 N–H and O–H groups in total. The third-order valence-electron chi connectivity index (χ3n) is 11.6. The lowest BCUT2D eigenvalue weighted by molar-refractivity contribution is 1.46. The second kappa shape index (κ2) is 18.6. The van der Waals surface area contributed by atoms with Crippen LogP contribution in [-0.4, -0.2) is 0 Å². The summed E-state index contributed by atoms with van der Waals surface area (Å²) < 4.78 is 0. The van der Waals surface area contributed by atoms with E-state index in [4.69, 9.17) is 0 Å². The van der Waals surface area contributed by atoms with Gasteiger partial charge in [-0.15, -0.1) is 0 Å². The number of fused-ring (bicyclic) bond motifs is 2.